The molecule has 2 fully saturated rings. The van der Waals surface area contributed by atoms with Crippen molar-refractivity contribution in [3.05, 3.63) is 30.1 Å². The van der Waals surface area contributed by atoms with Gasteiger partial charge in [0.1, 0.15) is 5.82 Å². The van der Waals surface area contributed by atoms with Gasteiger partial charge >= 0.3 is 0 Å². The van der Waals surface area contributed by atoms with Gasteiger partial charge in [-0.15, -0.1) is 0 Å². The highest BCUT2D eigenvalue weighted by Crippen LogP contribution is 2.24. The molecule has 2 unspecified atom stereocenters. The Hall–Kier alpha value is -2.04. The quantitative estimate of drug-likeness (QED) is 0.568. The summed E-state index contributed by atoms with van der Waals surface area (Å²) in [6, 6.07) is 4.74. The second-order valence-corrected chi connectivity index (χ2v) is 10.3. The van der Waals surface area contributed by atoms with Crippen molar-refractivity contribution in [1.29, 1.82) is 0 Å². The average molecular weight is 455 g/mol. The fourth-order valence-electron chi connectivity index (χ4n) is 4.28. The maximum absolute atomic E-state index is 13.1. The van der Waals surface area contributed by atoms with Gasteiger partial charge in [-0.25, -0.2) is 12.8 Å². The van der Waals surface area contributed by atoms with Crippen molar-refractivity contribution >= 4 is 21.8 Å². The molecule has 0 aliphatic carbocycles. The van der Waals surface area contributed by atoms with Crippen LogP contribution in [0.4, 0.5) is 4.39 Å². The third kappa shape index (κ3) is 6.24. The van der Waals surface area contributed by atoms with E-state index in [9.17, 15) is 22.4 Å². The van der Waals surface area contributed by atoms with Crippen LogP contribution in [-0.4, -0.2) is 68.7 Å². The number of amides is 2. The summed E-state index contributed by atoms with van der Waals surface area (Å²) in [6.07, 6.45) is 3.76. The average Bonchev–Trinajstić information content (AvgIpc) is 2.77. The minimum atomic E-state index is -3.75. The number of sulfonamides is 1. The third-order valence-electron chi connectivity index (χ3n) is 6.06. The number of halogens is 1. The van der Waals surface area contributed by atoms with Gasteiger partial charge in [-0.3, -0.25) is 9.59 Å². The molecule has 3 N–H and O–H groups in total. The highest BCUT2D eigenvalue weighted by atomic mass is 32.2. The molecular formula is C21H31FN4O4S. The highest BCUT2D eigenvalue weighted by molar-refractivity contribution is 7.89. The second kappa shape index (κ2) is 10.5. The molecular weight excluding hydrogens is 423 g/mol. The van der Waals surface area contributed by atoms with E-state index in [-0.39, 0.29) is 29.2 Å². The summed E-state index contributed by atoms with van der Waals surface area (Å²) in [5, 5.41) is 2.92. The topological polar surface area (TPSA) is 113 Å². The van der Waals surface area contributed by atoms with Crippen molar-refractivity contribution in [2.75, 3.05) is 39.3 Å². The first-order valence-electron chi connectivity index (χ1n) is 10.8. The summed E-state index contributed by atoms with van der Waals surface area (Å²) in [6.45, 7) is 3.34. The van der Waals surface area contributed by atoms with E-state index in [1.807, 2.05) is 0 Å². The summed E-state index contributed by atoms with van der Waals surface area (Å²) in [7, 11) is -3.75. The molecule has 2 atom stereocenters. The Morgan fingerprint density at radius 1 is 1.06 bits per heavy atom. The van der Waals surface area contributed by atoms with E-state index >= 15 is 0 Å². The zero-order valence-corrected chi connectivity index (χ0v) is 18.4. The number of primary amides is 1. The number of nitrogens with two attached hydrogens (primary N) is 1. The SMILES string of the molecule is NC(=O)C1CCCN(CCCNC(=O)C2CCCN(S(=O)(=O)c3ccc(F)cc3)C2)C1. The standard InChI is InChI=1S/C21H31FN4O4S/c22-18-6-8-19(9-7-18)31(29,30)26-13-2-5-17(15-26)21(28)24-10-3-12-25-11-1-4-16(14-25)20(23)27/h6-9,16-17H,1-5,10-15H2,(H2,23,27)(H,24,28). The summed E-state index contributed by atoms with van der Waals surface area (Å²) in [5.74, 6) is -1.40. The number of rotatable bonds is 8. The fraction of sp³-hybridized carbons (Fsp3) is 0.619. The van der Waals surface area contributed by atoms with Crippen LogP contribution < -0.4 is 11.1 Å². The Balaban J connectivity index is 1.45. The maximum atomic E-state index is 13.1. The van der Waals surface area contributed by atoms with Crippen molar-refractivity contribution in [3.8, 4) is 0 Å². The number of hydrogen-bond acceptors (Lipinski definition) is 5. The van der Waals surface area contributed by atoms with Crippen LogP contribution in [0.25, 0.3) is 0 Å². The summed E-state index contributed by atoms with van der Waals surface area (Å²) < 4.78 is 40.1. The Kier molecular flexibility index (Phi) is 8.01. The van der Waals surface area contributed by atoms with Gasteiger partial charge in [-0.1, -0.05) is 0 Å². The van der Waals surface area contributed by atoms with E-state index in [0.29, 0.717) is 32.5 Å². The van der Waals surface area contributed by atoms with Gasteiger partial charge in [0.2, 0.25) is 21.8 Å². The van der Waals surface area contributed by atoms with Gasteiger partial charge in [0, 0.05) is 26.2 Å². The number of nitrogens with zero attached hydrogens (tertiary/aromatic N) is 2. The minimum Gasteiger partial charge on any atom is -0.369 e. The van der Waals surface area contributed by atoms with E-state index in [1.165, 1.54) is 16.4 Å². The van der Waals surface area contributed by atoms with Crippen molar-refractivity contribution in [3.63, 3.8) is 0 Å². The van der Waals surface area contributed by atoms with Gasteiger partial charge < -0.3 is 16.0 Å². The Morgan fingerprint density at radius 2 is 1.74 bits per heavy atom. The summed E-state index contributed by atoms with van der Waals surface area (Å²) >= 11 is 0. The number of carbonyl (C=O) groups excluding carboxylic acids is 2. The van der Waals surface area contributed by atoms with E-state index < -0.39 is 21.8 Å². The van der Waals surface area contributed by atoms with Gasteiger partial charge in [0.25, 0.3) is 0 Å². The van der Waals surface area contributed by atoms with Crippen LogP contribution in [0.3, 0.4) is 0 Å². The zero-order chi connectivity index (χ0) is 22.4. The molecule has 0 radical (unpaired) electrons. The minimum absolute atomic E-state index is 0.0331. The van der Waals surface area contributed by atoms with Crippen molar-refractivity contribution in [2.45, 2.75) is 37.0 Å². The normalized spacial score (nSPS) is 23.4. The molecule has 0 bridgehead atoms. The van der Waals surface area contributed by atoms with Crippen molar-refractivity contribution in [2.24, 2.45) is 17.6 Å². The van der Waals surface area contributed by atoms with Gasteiger partial charge in [0.15, 0.2) is 0 Å². The molecule has 10 heteroatoms. The lowest BCUT2D eigenvalue weighted by Crippen LogP contribution is -2.46. The molecule has 172 valence electrons. The van der Waals surface area contributed by atoms with Crippen LogP contribution in [0.1, 0.15) is 32.1 Å². The summed E-state index contributed by atoms with van der Waals surface area (Å²) in [5.41, 5.74) is 5.41. The Labute approximate surface area is 183 Å². The molecule has 2 heterocycles. The summed E-state index contributed by atoms with van der Waals surface area (Å²) in [4.78, 5) is 26.2. The Morgan fingerprint density at radius 3 is 2.45 bits per heavy atom. The van der Waals surface area contributed by atoms with Crippen LogP contribution in [0, 0.1) is 17.7 Å². The second-order valence-electron chi connectivity index (χ2n) is 8.34. The monoisotopic (exact) mass is 454 g/mol. The van der Waals surface area contributed by atoms with Crippen LogP contribution in [0.2, 0.25) is 0 Å². The third-order valence-corrected chi connectivity index (χ3v) is 7.94. The first kappa shape index (κ1) is 23.6. The lowest BCUT2D eigenvalue weighted by Gasteiger charge is -2.32. The lowest BCUT2D eigenvalue weighted by molar-refractivity contribution is -0.126. The van der Waals surface area contributed by atoms with E-state index in [4.69, 9.17) is 5.73 Å². The smallest absolute Gasteiger partial charge is 0.243 e. The molecule has 0 saturated carbocycles. The molecule has 8 nitrogen and oxygen atoms in total. The number of nitrogens with one attached hydrogen (secondary N) is 1. The van der Waals surface area contributed by atoms with Gasteiger partial charge in [0.05, 0.1) is 16.7 Å². The molecule has 31 heavy (non-hydrogen) atoms. The molecule has 1 aromatic rings. The zero-order valence-electron chi connectivity index (χ0n) is 17.6. The van der Waals surface area contributed by atoms with Crippen LogP contribution in [-0.2, 0) is 19.6 Å². The van der Waals surface area contributed by atoms with Gasteiger partial charge in [-0.2, -0.15) is 4.31 Å². The molecule has 2 aliphatic rings. The van der Waals surface area contributed by atoms with Crippen molar-refractivity contribution < 1.29 is 22.4 Å². The maximum Gasteiger partial charge on any atom is 0.243 e. The molecule has 0 aromatic heterocycles. The number of carbonyl (C=O) groups is 2. The molecule has 0 spiro atoms. The fourth-order valence-corrected chi connectivity index (χ4v) is 5.80. The van der Waals surface area contributed by atoms with Gasteiger partial charge in [-0.05, 0) is 69.5 Å². The number of benzene rings is 1. The van der Waals surface area contributed by atoms with Crippen LogP contribution >= 0.6 is 0 Å². The first-order chi connectivity index (χ1) is 14.8. The van der Waals surface area contributed by atoms with Crippen molar-refractivity contribution in [1.82, 2.24) is 14.5 Å². The molecule has 3 rings (SSSR count). The van der Waals surface area contributed by atoms with E-state index in [0.717, 1.165) is 44.5 Å². The number of hydrogen-bond donors (Lipinski definition) is 2. The predicted octanol–water partition coefficient (Wildman–Crippen LogP) is 0.930. The molecule has 2 amide bonds. The Bertz CT molecular complexity index is 878. The predicted molar refractivity (Wildman–Crippen MR) is 114 cm³/mol. The van der Waals surface area contributed by atoms with Crippen LogP contribution in [0.5, 0.6) is 0 Å². The number of piperidine rings is 2. The molecule has 2 aliphatic heterocycles. The van der Waals surface area contributed by atoms with E-state index in [1.54, 1.807) is 0 Å². The lowest BCUT2D eigenvalue weighted by atomic mass is 9.97. The van der Waals surface area contributed by atoms with Crippen LogP contribution in [0.15, 0.2) is 29.2 Å². The molecule has 1 aromatic carbocycles. The largest absolute Gasteiger partial charge is 0.369 e. The molecule has 2 saturated heterocycles. The first-order valence-corrected chi connectivity index (χ1v) is 12.3. The highest BCUT2D eigenvalue weighted by Gasteiger charge is 2.33. The van der Waals surface area contributed by atoms with E-state index in [2.05, 4.69) is 10.2 Å². The number of likely N-dealkylation sites (tertiary alicyclic amines) is 1.